The quantitative estimate of drug-likeness (QED) is 0.200. The highest BCUT2D eigenvalue weighted by Crippen LogP contribution is 2.46. The van der Waals surface area contributed by atoms with Gasteiger partial charge >= 0.3 is 5.91 Å². The number of benzene rings is 3. The molecule has 8 heteroatoms. The van der Waals surface area contributed by atoms with E-state index in [0.29, 0.717) is 27.0 Å². The predicted octanol–water partition coefficient (Wildman–Crippen LogP) is 6.15. The Balaban J connectivity index is 1.74. The van der Waals surface area contributed by atoms with E-state index in [4.69, 9.17) is 16.3 Å². The monoisotopic (exact) mass is 504 g/mol. The summed E-state index contributed by atoms with van der Waals surface area (Å²) in [6.45, 7) is 2.07. The average molecular weight is 505 g/mol. The molecule has 0 spiro atoms. The molecular weight excluding hydrogens is 484 g/mol. The Morgan fingerprint density at radius 1 is 1.11 bits per heavy atom. The van der Waals surface area contributed by atoms with Crippen LogP contribution < -0.4 is 9.64 Å². The second-order valence-corrected chi connectivity index (χ2v) is 9.52. The van der Waals surface area contributed by atoms with E-state index in [1.165, 1.54) is 23.3 Å². The van der Waals surface area contributed by atoms with Crippen LogP contribution in [0.25, 0.3) is 16.0 Å². The highest BCUT2D eigenvalue weighted by atomic mass is 35.5. The number of hydrogen-bond donors (Lipinski definition) is 1. The molecule has 1 aliphatic heterocycles. The normalized spacial score (nSPS) is 17.3. The number of anilines is 1. The number of carbonyl (C=O) groups is 2. The predicted molar refractivity (Wildman–Crippen MR) is 138 cm³/mol. The molecule has 0 saturated carbocycles. The number of Topliss-reactive ketones (excluding diaryl/α,β-unsaturated/α-hetero) is 1. The molecule has 4 aromatic rings. The molecule has 1 fully saturated rings. The van der Waals surface area contributed by atoms with Crippen molar-refractivity contribution in [1.29, 1.82) is 0 Å². The number of fused-ring (bicyclic) bond motifs is 1. The van der Waals surface area contributed by atoms with Crippen LogP contribution in [0.5, 0.6) is 5.75 Å². The third-order valence-corrected chi connectivity index (χ3v) is 7.32. The van der Waals surface area contributed by atoms with Crippen LogP contribution >= 0.6 is 22.9 Å². The molecule has 0 unspecified atom stereocenters. The van der Waals surface area contributed by atoms with Crippen molar-refractivity contribution < 1.29 is 19.4 Å². The Hall–Kier alpha value is -3.68. The zero-order valence-corrected chi connectivity index (χ0v) is 20.6. The molecule has 1 N–H and O–H groups in total. The number of para-hydroxylation sites is 1. The van der Waals surface area contributed by atoms with Gasteiger partial charge in [0.15, 0.2) is 5.13 Å². The van der Waals surface area contributed by atoms with Crippen molar-refractivity contribution in [2.24, 2.45) is 0 Å². The smallest absolute Gasteiger partial charge is 0.301 e. The molecule has 6 nitrogen and oxygen atoms in total. The largest absolute Gasteiger partial charge is 0.507 e. The van der Waals surface area contributed by atoms with Crippen molar-refractivity contribution >= 4 is 55.7 Å². The first-order valence-electron chi connectivity index (χ1n) is 11.0. The molecule has 5 rings (SSSR count). The Bertz CT molecular complexity index is 1490. The molecular formula is C27H21ClN2O4S. The van der Waals surface area contributed by atoms with Gasteiger partial charge in [-0.25, -0.2) is 4.98 Å². The molecule has 3 aromatic carbocycles. The zero-order chi connectivity index (χ0) is 24.7. The number of aliphatic hydroxyl groups excluding tert-OH is 1. The van der Waals surface area contributed by atoms with E-state index in [0.717, 1.165) is 22.2 Å². The van der Waals surface area contributed by atoms with Crippen molar-refractivity contribution in [3.8, 4) is 5.75 Å². The Morgan fingerprint density at radius 2 is 1.86 bits per heavy atom. The van der Waals surface area contributed by atoms with Gasteiger partial charge in [-0.3, -0.25) is 14.5 Å². The Labute approximate surface area is 211 Å². The van der Waals surface area contributed by atoms with Crippen molar-refractivity contribution in [2.75, 3.05) is 12.0 Å². The molecule has 35 heavy (non-hydrogen) atoms. The Kier molecular flexibility index (Phi) is 6.05. The number of methoxy groups -OCH3 is 1. The van der Waals surface area contributed by atoms with Gasteiger partial charge in [0.05, 0.1) is 22.9 Å². The summed E-state index contributed by atoms with van der Waals surface area (Å²) in [6.07, 6.45) is 0.871. The number of hydrogen-bond acceptors (Lipinski definition) is 6. The van der Waals surface area contributed by atoms with Gasteiger partial charge in [-0.15, -0.1) is 0 Å². The van der Waals surface area contributed by atoms with E-state index >= 15 is 0 Å². The fourth-order valence-corrected chi connectivity index (χ4v) is 5.44. The van der Waals surface area contributed by atoms with Crippen molar-refractivity contribution in [3.05, 3.63) is 94.0 Å². The molecule has 1 aromatic heterocycles. The SMILES string of the molecule is CCc1ccc2nc(N3C(=O)C(=O)C(=C(O)c4ccc(Cl)cc4)[C@@H]3c3ccccc3OC)sc2c1. The lowest BCUT2D eigenvalue weighted by atomic mass is 9.95. The number of ether oxygens (including phenoxy) is 1. The molecule has 1 saturated heterocycles. The van der Waals surface area contributed by atoms with E-state index in [9.17, 15) is 14.7 Å². The van der Waals surface area contributed by atoms with E-state index in [2.05, 4.69) is 11.9 Å². The van der Waals surface area contributed by atoms with Gasteiger partial charge in [0, 0.05) is 16.1 Å². The number of aliphatic hydroxyl groups is 1. The third-order valence-electron chi connectivity index (χ3n) is 6.05. The average Bonchev–Trinajstić information content (AvgIpc) is 3.41. The Morgan fingerprint density at radius 3 is 2.57 bits per heavy atom. The van der Waals surface area contributed by atoms with Gasteiger partial charge in [0.1, 0.15) is 17.6 Å². The van der Waals surface area contributed by atoms with Gasteiger partial charge in [-0.05, 0) is 54.4 Å². The number of amides is 1. The number of ketones is 1. The minimum Gasteiger partial charge on any atom is -0.507 e. The number of rotatable bonds is 5. The number of aromatic nitrogens is 1. The van der Waals surface area contributed by atoms with Crippen molar-refractivity contribution in [3.63, 3.8) is 0 Å². The number of aryl methyl sites for hydroxylation is 1. The summed E-state index contributed by atoms with van der Waals surface area (Å²) in [5.41, 5.74) is 2.80. The topological polar surface area (TPSA) is 79.7 Å². The highest BCUT2D eigenvalue weighted by molar-refractivity contribution is 7.22. The minimum atomic E-state index is -0.923. The van der Waals surface area contributed by atoms with Crippen LogP contribution in [0.2, 0.25) is 5.02 Å². The summed E-state index contributed by atoms with van der Waals surface area (Å²) < 4.78 is 6.48. The number of carbonyl (C=O) groups excluding carboxylic acids is 2. The second kappa shape index (κ2) is 9.17. The van der Waals surface area contributed by atoms with Gasteiger partial charge in [-0.1, -0.05) is 54.1 Å². The van der Waals surface area contributed by atoms with E-state index in [1.54, 1.807) is 48.5 Å². The highest BCUT2D eigenvalue weighted by Gasteiger charge is 2.49. The lowest BCUT2D eigenvalue weighted by Gasteiger charge is -2.24. The summed E-state index contributed by atoms with van der Waals surface area (Å²) in [5, 5.41) is 12.1. The number of nitrogens with zero attached hydrogens (tertiary/aromatic N) is 2. The summed E-state index contributed by atoms with van der Waals surface area (Å²) in [5.74, 6) is -1.35. The molecule has 176 valence electrons. The molecule has 0 radical (unpaired) electrons. The summed E-state index contributed by atoms with van der Waals surface area (Å²) in [7, 11) is 1.52. The van der Waals surface area contributed by atoms with E-state index in [-0.39, 0.29) is 11.3 Å². The molecule has 0 aliphatic carbocycles. The number of halogens is 1. The second-order valence-electron chi connectivity index (χ2n) is 8.07. The van der Waals surface area contributed by atoms with Crippen LogP contribution in [-0.2, 0) is 16.0 Å². The first-order valence-corrected chi connectivity index (χ1v) is 12.2. The zero-order valence-electron chi connectivity index (χ0n) is 19.0. The van der Waals surface area contributed by atoms with Crippen molar-refractivity contribution in [1.82, 2.24) is 4.98 Å². The van der Waals surface area contributed by atoms with Gasteiger partial charge < -0.3 is 9.84 Å². The summed E-state index contributed by atoms with van der Waals surface area (Å²) in [6, 6.07) is 18.6. The standard InChI is InChI=1S/C27H21ClN2O4S/c1-3-15-8-13-19-21(14-15)35-27(29-19)30-23(18-6-4-5-7-20(18)34-2)22(25(32)26(30)33)24(31)16-9-11-17(28)12-10-16/h4-14,23,31H,3H2,1-2H3/t23-/m0/s1. The van der Waals surface area contributed by atoms with Gasteiger partial charge in [0.25, 0.3) is 5.78 Å². The van der Waals surface area contributed by atoms with E-state index < -0.39 is 17.7 Å². The molecule has 1 amide bonds. The third kappa shape index (κ3) is 3.96. The maximum atomic E-state index is 13.4. The van der Waals surface area contributed by atoms with Crippen LogP contribution in [0.3, 0.4) is 0 Å². The minimum absolute atomic E-state index is 0.0321. The van der Waals surface area contributed by atoms with Crippen LogP contribution in [0.4, 0.5) is 5.13 Å². The maximum Gasteiger partial charge on any atom is 0.301 e. The molecule has 1 atom stereocenters. The lowest BCUT2D eigenvalue weighted by molar-refractivity contribution is -0.132. The maximum absolute atomic E-state index is 13.4. The molecule has 2 heterocycles. The lowest BCUT2D eigenvalue weighted by Crippen LogP contribution is -2.29. The van der Waals surface area contributed by atoms with Gasteiger partial charge in [0.2, 0.25) is 0 Å². The summed E-state index contributed by atoms with van der Waals surface area (Å²) >= 11 is 7.34. The van der Waals surface area contributed by atoms with Crippen molar-refractivity contribution in [2.45, 2.75) is 19.4 Å². The molecule has 0 bridgehead atoms. The van der Waals surface area contributed by atoms with Gasteiger partial charge in [-0.2, -0.15) is 0 Å². The van der Waals surface area contributed by atoms with Crippen LogP contribution in [-0.4, -0.2) is 28.9 Å². The summed E-state index contributed by atoms with van der Waals surface area (Å²) in [4.78, 5) is 32.8. The van der Waals surface area contributed by atoms with Crippen LogP contribution in [0.1, 0.15) is 29.7 Å². The fourth-order valence-electron chi connectivity index (χ4n) is 4.26. The first-order chi connectivity index (χ1) is 16.9. The van der Waals surface area contributed by atoms with E-state index in [1.807, 2.05) is 18.2 Å². The van der Waals surface area contributed by atoms with Crippen LogP contribution in [0.15, 0.2) is 72.3 Å². The number of thiazole rings is 1. The molecule has 1 aliphatic rings. The first kappa shape index (κ1) is 23.1. The fraction of sp³-hybridized carbons (Fsp3) is 0.148. The van der Waals surface area contributed by atoms with Crippen LogP contribution in [0, 0.1) is 0 Å².